The molecule has 1 aromatic carbocycles. The van der Waals surface area contributed by atoms with E-state index in [1.807, 2.05) is 10.9 Å². The molecule has 1 unspecified atom stereocenters. The van der Waals surface area contributed by atoms with Crippen LogP contribution in [0.1, 0.15) is 62.1 Å². The van der Waals surface area contributed by atoms with Gasteiger partial charge in [0.15, 0.2) is 0 Å². The van der Waals surface area contributed by atoms with Gasteiger partial charge in [-0.15, -0.1) is 5.10 Å². The molecule has 4 rings (SSSR count). The summed E-state index contributed by atoms with van der Waals surface area (Å²) >= 11 is 5.91. The summed E-state index contributed by atoms with van der Waals surface area (Å²) in [4.78, 5) is 12.6. The molecular weight excluding hydrogens is 376 g/mol. The van der Waals surface area contributed by atoms with Crippen molar-refractivity contribution in [1.29, 1.82) is 0 Å². The molecule has 2 aromatic rings. The van der Waals surface area contributed by atoms with Crippen LogP contribution in [0, 0.1) is 17.8 Å². The van der Waals surface area contributed by atoms with Crippen LogP contribution in [0.15, 0.2) is 30.5 Å². The van der Waals surface area contributed by atoms with Gasteiger partial charge in [-0.2, -0.15) is 0 Å². The number of nitrogens with one attached hydrogen (secondary N) is 1. The zero-order valence-electron chi connectivity index (χ0n) is 16.5. The first-order valence-corrected chi connectivity index (χ1v) is 10.4. The summed E-state index contributed by atoms with van der Waals surface area (Å²) in [5.41, 5.74) is 0.279. The number of fused-ring (bicyclic) bond motifs is 1. The monoisotopic (exact) mass is 402 g/mol. The Balaban J connectivity index is 1.35. The second-order valence-corrected chi connectivity index (χ2v) is 9.10. The van der Waals surface area contributed by atoms with Crippen LogP contribution in [-0.4, -0.2) is 32.0 Å². The molecule has 28 heavy (non-hydrogen) atoms. The fourth-order valence-electron chi connectivity index (χ4n) is 4.73. The third-order valence-corrected chi connectivity index (χ3v) is 6.58. The van der Waals surface area contributed by atoms with E-state index in [2.05, 4.69) is 22.6 Å². The van der Waals surface area contributed by atoms with Crippen molar-refractivity contribution in [1.82, 2.24) is 20.3 Å². The molecule has 2 saturated carbocycles. The van der Waals surface area contributed by atoms with Crippen molar-refractivity contribution in [2.45, 2.75) is 57.7 Å². The van der Waals surface area contributed by atoms with Crippen LogP contribution in [0.3, 0.4) is 0 Å². The minimum atomic E-state index is -0.971. The molecule has 0 bridgehead atoms. The Hall–Kier alpha value is -1.92. The largest absolute Gasteiger partial charge is 0.384 e. The second kappa shape index (κ2) is 7.16. The summed E-state index contributed by atoms with van der Waals surface area (Å²) in [5.74, 6) is 1.75. The predicted molar refractivity (Wildman–Crippen MR) is 107 cm³/mol. The number of hydrogen-bond acceptors (Lipinski definition) is 4. The highest BCUT2D eigenvalue weighted by Crippen LogP contribution is 2.62. The minimum Gasteiger partial charge on any atom is -0.384 e. The van der Waals surface area contributed by atoms with Crippen LogP contribution in [0.5, 0.6) is 0 Å². The van der Waals surface area contributed by atoms with Gasteiger partial charge in [0.2, 0.25) is 0 Å². The average Bonchev–Trinajstić information content (AvgIpc) is 3.05. The zero-order valence-corrected chi connectivity index (χ0v) is 17.2. The van der Waals surface area contributed by atoms with E-state index >= 15 is 0 Å². The van der Waals surface area contributed by atoms with E-state index < -0.39 is 5.60 Å². The number of rotatable bonds is 6. The molecule has 7 heteroatoms. The molecule has 2 N–H and O–H groups in total. The molecule has 1 amide bonds. The van der Waals surface area contributed by atoms with Crippen molar-refractivity contribution >= 4 is 17.5 Å². The van der Waals surface area contributed by atoms with Gasteiger partial charge in [-0.05, 0) is 75.1 Å². The molecule has 6 nitrogen and oxygen atoms in total. The molecule has 0 saturated heterocycles. The standard InChI is InChI=1S/C21H27ClN4O2/c1-4-17(23-20(27)12-5-7-13(22)8-6-12)19-15-9-14(10-16(15)19)26-11-18(24-25-26)21(2,3)28/h5-8,11,14-17,19,28H,4,9-10H2,1-3H3,(H,23,27)/t14-,15-,16+,17?,19+. The van der Waals surface area contributed by atoms with E-state index in [1.165, 1.54) is 0 Å². The third kappa shape index (κ3) is 3.67. The molecule has 0 spiro atoms. The summed E-state index contributed by atoms with van der Waals surface area (Å²) < 4.78 is 1.91. The van der Waals surface area contributed by atoms with Gasteiger partial charge in [0.25, 0.3) is 5.91 Å². The molecule has 2 fully saturated rings. The summed E-state index contributed by atoms with van der Waals surface area (Å²) in [6, 6.07) is 7.54. The molecule has 1 heterocycles. The second-order valence-electron chi connectivity index (χ2n) is 8.67. The maximum absolute atomic E-state index is 12.6. The van der Waals surface area contributed by atoms with Crippen LogP contribution in [0.4, 0.5) is 0 Å². The first-order chi connectivity index (χ1) is 13.3. The Bertz CT molecular complexity index is 846. The number of nitrogens with zero attached hydrogens (tertiary/aromatic N) is 3. The van der Waals surface area contributed by atoms with Crippen molar-refractivity contribution in [3.05, 3.63) is 46.7 Å². The fraction of sp³-hybridized carbons (Fsp3) is 0.571. The Morgan fingerprint density at radius 2 is 1.96 bits per heavy atom. The van der Waals surface area contributed by atoms with E-state index in [0.29, 0.717) is 40.1 Å². The smallest absolute Gasteiger partial charge is 0.251 e. The van der Waals surface area contributed by atoms with Crippen LogP contribution in [0.2, 0.25) is 5.02 Å². The number of amides is 1. The first-order valence-electron chi connectivity index (χ1n) is 9.99. The van der Waals surface area contributed by atoms with Crippen LogP contribution < -0.4 is 5.32 Å². The molecule has 2 aliphatic rings. The number of aromatic nitrogens is 3. The zero-order chi connectivity index (χ0) is 20.1. The van der Waals surface area contributed by atoms with Crippen molar-refractivity contribution in [2.24, 2.45) is 17.8 Å². The van der Waals surface area contributed by atoms with E-state index in [4.69, 9.17) is 11.6 Å². The number of hydrogen-bond donors (Lipinski definition) is 2. The Kier molecular flexibility index (Phi) is 4.96. The normalized spacial score (nSPS) is 27.3. The van der Waals surface area contributed by atoms with E-state index in [0.717, 1.165) is 19.3 Å². The maximum atomic E-state index is 12.6. The first kappa shape index (κ1) is 19.4. The van der Waals surface area contributed by atoms with Gasteiger partial charge in [0.1, 0.15) is 11.3 Å². The van der Waals surface area contributed by atoms with Crippen LogP contribution in [-0.2, 0) is 5.60 Å². The van der Waals surface area contributed by atoms with Crippen molar-refractivity contribution < 1.29 is 9.90 Å². The average molecular weight is 403 g/mol. The summed E-state index contributed by atoms with van der Waals surface area (Å²) in [7, 11) is 0. The van der Waals surface area contributed by atoms with E-state index in [9.17, 15) is 9.90 Å². The molecule has 5 atom stereocenters. The minimum absolute atomic E-state index is 0.0314. The summed E-state index contributed by atoms with van der Waals surface area (Å²) in [6.07, 6.45) is 4.90. The third-order valence-electron chi connectivity index (χ3n) is 6.32. The molecule has 1 aromatic heterocycles. The van der Waals surface area contributed by atoms with Gasteiger partial charge < -0.3 is 10.4 Å². The Morgan fingerprint density at radius 1 is 1.32 bits per heavy atom. The molecule has 150 valence electrons. The van der Waals surface area contributed by atoms with Gasteiger partial charge in [0.05, 0.1) is 12.2 Å². The van der Waals surface area contributed by atoms with Gasteiger partial charge >= 0.3 is 0 Å². The highest BCUT2D eigenvalue weighted by Gasteiger charge is 2.59. The quantitative estimate of drug-likeness (QED) is 0.774. The van der Waals surface area contributed by atoms with Crippen molar-refractivity contribution in [3.63, 3.8) is 0 Å². The molecule has 0 aliphatic heterocycles. The Morgan fingerprint density at radius 3 is 2.50 bits per heavy atom. The summed E-state index contributed by atoms with van der Waals surface area (Å²) in [5, 5.41) is 22.3. The lowest BCUT2D eigenvalue weighted by atomic mass is 9.99. The van der Waals surface area contributed by atoms with Gasteiger partial charge in [-0.3, -0.25) is 4.79 Å². The van der Waals surface area contributed by atoms with Crippen LogP contribution in [0.25, 0.3) is 0 Å². The predicted octanol–water partition coefficient (Wildman–Crippen LogP) is 3.56. The van der Waals surface area contributed by atoms with Crippen molar-refractivity contribution in [2.75, 3.05) is 0 Å². The van der Waals surface area contributed by atoms with Gasteiger partial charge in [-0.1, -0.05) is 23.7 Å². The van der Waals surface area contributed by atoms with Crippen molar-refractivity contribution in [3.8, 4) is 0 Å². The lowest BCUT2D eigenvalue weighted by Crippen LogP contribution is -2.37. The number of benzene rings is 1. The molecule has 2 aliphatic carbocycles. The van der Waals surface area contributed by atoms with Crippen LogP contribution >= 0.6 is 11.6 Å². The fourth-order valence-corrected chi connectivity index (χ4v) is 4.86. The maximum Gasteiger partial charge on any atom is 0.251 e. The molecular formula is C21H27ClN4O2. The number of aliphatic hydroxyl groups is 1. The lowest BCUT2D eigenvalue weighted by Gasteiger charge is -2.21. The highest BCUT2D eigenvalue weighted by atomic mass is 35.5. The van der Waals surface area contributed by atoms with Gasteiger partial charge in [-0.25, -0.2) is 4.68 Å². The topological polar surface area (TPSA) is 80.0 Å². The van der Waals surface area contributed by atoms with E-state index in [-0.39, 0.29) is 11.9 Å². The summed E-state index contributed by atoms with van der Waals surface area (Å²) in [6.45, 7) is 5.57. The van der Waals surface area contributed by atoms with Gasteiger partial charge in [0, 0.05) is 16.6 Å². The molecule has 0 radical (unpaired) electrons. The highest BCUT2D eigenvalue weighted by molar-refractivity contribution is 6.30. The number of carbonyl (C=O) groups excluding carboxylic acids is 1. The number of halogens is 1. The van der Waals surface area contributed by atoms with E-state index in [1.54, 1.807) is 38.1 Å². The Labute approximate surface area is 170 Å². The lowest BCUT2D eigenvalue weighted by molar-refractivity contribution is 0.0737. The SMILES string of the molecule is CCC(NC(=O)c1ccc(Cl)cc1)[C@H]1[C@@H]2C[C@@H](n3cc(C(C)(C)O)nn3)C[C@@H]21. The number of carbonyl (C=O) groups is 1.